The van der Waals surface area contributed by atoms with Crippen LogP contribution in [0.15, 0.2) is 60.7 Å². The quantitative estimate of drug-likeness (QED) is 0.0773. The standard InChI is InChI=1S/C72H102N14O14/c1-11-15-35-99-55-37-47-25-17-19-27-49(47)77-61(55)67(93)79-51-39-73-69(95)63(45(5)6)81(9)59(89)43-83(31-13-3)58(88)42-76-66(92)54-30-22-24-34-86(54)72(98)52(80-68(94)62-56(100-36-16-12-2)38-48-26-18-20-28-50(48)78-62)40-74-70(96)64(46(7)8)82(10)60(90)44-84(32-14-4)57(87)41-75-65(91)53-29-21-23-33-85(53)71(51)97/h17-20,25-28,37-38,45-46,51-54,63-64H,11-16,21-24,29-36,39-44H2,1-10H3,(H,73,95)(H,74,96)(H,75,91)(H,76,92)(H,79,93)(H,80,94)/t51-,52-,53+,54+,63+,64?/m1/s1. The molecule has 0 radical (unpaired) electrons. The minimum atomic E-state index is -1.55. The molecule has 0 bridgehead atoms. The van der Waals surface area contributed by atoms with Crippen LogP contribution in [0.1, 0.15) is 153 Å². The highest BCUT2D eigenvalue weighted by Gasteiger charge is 2.42. The fourth-order valence-electron chi connectivity index (χ4n) is 12.8. The van der Waals surface area contributed by atoms with Crippen LogP contribution in [-0.4, -0.2) is 239 Å². The van der Waals surface area contributed by atoms with Crippen LogP contribution >= 0.6 is 0 Å². The zero-order valence-corrected chi connectivity index (χ0v) is 59.7. The van der Waals surface area contributed by atoms with Crippen LogP contribution in [0.4, 0.5) is 0 Å². The number of amides is 12. The lowest BCUT2D eigenvalue weighted by Gasteiger charge is -2.38. The number of piperidine rings is 2. The highest BCUT2D eigenvalue weighted by atomic mass is 16.5. The molecular formula is C72H102N14O14. The summed E-state index contributed by atoms with van der Waals surface area (Å²) in [4.78, 5) is 192. The van der Waals surface area contributed by atoms with E-state index in [9.17, 15) is 47.9 Å². The van der Waals surface area contributed by atoms with Crippen molar-refractivity contribution in [1.82, 2.24) is 71.3 Å². The molecule has 28 heteroatoms. The van der Waals surface area contributed by atoms with E-state index in [2.05, 4.69) is 41.9 Å². The zero-order chi connectivity index (χ0) is 72.7. The Balaban J connectivity index is 1.23. The van der Waals surface area contributed by atoms with Crippen LogP contribution in [0.3, 0.4) is 0 Å². The maximum absolute atomic E-state index is 15.2. The third-order valence-corrected chi connectivity index (χ3v) is 18.3. The van der Waals surface area contributed by atoms with E-state index in [1.165, 1.54) is 43.5 Å². The van der Waals surface area contributed by atoms with Gasteiger partial charge in [0.25, 0.3) is 11.8 Å². The number of nitrogens with one attached hydrogen (secondary N) is 6. The molecular weight excluding hydrogens is 1280 g/mol. The number of hydrogen-bond donors (Lipinski definition) is 6. The summed E-state index contributed by atoms with van der Waals surface area (Å²) in [5.41, 5.74) is 0.646. The van der Waals surface area contributed by atoms with E-state index in [-0.39, 0.29) is 75.1 Å². The molecule has 2 aromatic heterocycles. The Morgan fingerprint density at radius 3 is 1.25 bits per heavy atom. The Bertz CT molecular complexity index is 3360. The van der Waals surface area contributed by atoms with E-state index in [0.29, 0.717) is 73.2 Å². The number of ether oxygens (including phenoxy) is 2. The molecule has 6 atom stereocenters. The summed E-state index contributed by atoms with van der Waals surface area (Å²) < 4.78 is 12.2. The van der Waals surface area contributed by atoms with Crippen molar-refractivity contribution in [2.24, 2.45) is 11.8 Å². The first-order valence-electron chi connectivity index (χ1n) is 35.4. The number of hydrogen-bond acceptors (Lipinski definition) is 16. The predicted octanol–water partition coefficient (Wildman–Crippen LogP) is 3.72. The normalized spacial score (nSPS) is 21.6. The molecule has 5 heterocycles. The van der Waals surface area contributed by atoms with Gasteiger partial charge in [0, 0.05) is 64.1 Å². The summed E-state index contributed by atoms with van der Waals surface area (Å²) >= 11 is 0. The molecule has 1 unspecified atom stereocenters. The van der Waals surface area contributed by atoms with Crippen LogP contribution < -0.4 is 41.4 Å². The van der Waals surface area contributed by atoms with E-state index in [0.717, 1.165) is 12.8 Å². The van der Waals surface area contributed by atoms with Gasteiger partial charge in [-0.05, 0) is 100 Å². The van der Waals surface area contributed by atoms with Crippen LogP contribution in [0, 0.1) is 11.8 Å². The molecule has 544 valence electrons. The molecule has 3 fully saturated rings. The number of carbonyl (C=O) groups excluding carboxylic acids is 12. The first-order chi connectivity index (χ1) is 47.9. The second-order valence-corrected chi connectivity index (χ2v) is 26.5. The number of benzene rings is 2. The van der Waals surface area contributed by atoms with E-state index < -0.39 is 158 Å². The highest BCUT2D eigenvalue weighted by Crippen LogP contribution is 2.28. The SMILES string of the molecule is CCCCOc1cc2ccccc2nc1C(=O)N[C@@H]1CNC(=O)C(C(C)C)N(C)C(=O)CN(CCC)C(=O)CNC(=O)[C@@H]2CCCCN2C(=O)[C@H](NC(=O)c2nc3ccccc3cc2OCCCC)CNC(=O)[C@H](C(C)C)N(C)C(=O)CN(CCC)C(=O)CNC(=O)[C@@H]2CCCCN2C1=O. The van der Waals surface area contributed by atoms with Gasteiger partial charge in [0.15, 0.2) is 22.9 Å². The summed E-state index contributed by atoms with van der Waals surface area (Å²) in [6, 6.07) is 9.71. The largest absolute Gasteiger partial charge is 0.491 e. The minimum Gasteiger partial charge on any atom is -0.491 e. The Morgan fingerprint density at radius 1 is 0.510 bits per heavy atom. The zero-order valence-electron chi connectivity index (χ0n) is 59.7. The lowest BCUT2D eigenvalue weighted by Crippen LogP contribution is -2.61. The van der Waals surface area contributed by atoms with E-state index in [1.54, 1.807) is 77.9 Å². The fraction of sp³-hybridized carbons (Fsp3) is 0.583. The summed E-state index contributed by atoms with van der Waals surface area (Å²) in [5.74, 6) is -9.40. The van der Waals surface area contributed by atoms with E-state index >= 15 is 9.59 Å². The molecule has 3 aliphatic rings. The molecule has 12 amide bonds. The Labute approximate surface area is 585 Å². The average molecular weight is 1390 g/mol. The van der Waals surface area contributed by atoms with Crippen LogP contribution in [0.25, 0.3) is 21.8 Å². The number of rotatable bonds is 18. The molecule has 6 N–H and O–H groups in total. The van der Waals surface area contributed by atoms with Crippen LogP contribution in [0.2, 0.25) is 0 Å². The number of nitrogens with zero attached hydrogens (tertiary/aromatic N) is 8. The summed E-state index contributed by atoms with van der Waals surface area (Å²) in [6.45, 7) is 11.8. The molecule has 28 nitrogen and oxygen atoms in total. The highest BCUT2D eigenvalue weighted by molar-refractivity contribution is 6.03. The predicted molar refractivity (Wildman–Crippen MR) is 374 cm³/mol. The van der Waals surface area contributed by atoms with Crippen molar-refractivity contribution in [3.8, 4) is 11.5 Å². The van der Waals surface area contributed by atoms with E-state index in [1.807, 2.05) is 38.1 Å². The second-order valence-electron chi connectivity index (χ2n) is 26.5. The molecule has 0 spiro atoms. The van der Waals surface area contributed by atoms with Gasteiger partial charge in [0.05, 0.1) is 50.4 Å². The maximum Gasteiger partial charge on any atom is 0.274 e. The number of aromatic nitrogens is 2. The Kier molecular flexibility index (Phi) is 29.3. The molecule has 7 rings (SSSR count). The summed E-state index contributed by atoms with van der Waals surface area (Å²) in [7, 11) is 2.81. The van der Waals surface area contributed by atoms with Gasteiger partial charge < -0.3 is 70.8 Å². The number of para-hydroxylation sites is 2. The number of fused-ring (bicyclic) bond motifs is 4. The third-order valence-electron chi connectivity index (χ3n) is 18.3. The number of carbonyl (C=O) groups is 12. The molecule has 3 aliphatic heterocycles. The van der Waals surface area contributed by atoms with Gasteiger partial charge >= 0.3 is 0 Å². The van der Waals surface area contributed by atoms with Crippen molar-refractivity contribution in [3.63, 3.8) is 0 Å². The lowest BCUT2D eigenvalue weighted by atomic mass is 9.99. The van der Waals surface area contributed by atoms with Gasteiger partial charge in [-0.3, -0.25) is 57.5 Å². The van der Waals surface area contributed by atoms with E-state index in [4.69, 9.17) is 9.47 Å². The van der Waals surface area contributed by atoms with Crippen molar-refractivity contribution in [2.45, 2.75) is 169 Å². The Hall–Kier alpha value is -9.50. The smallest absolute Gasteiger partial charge is 0.274 e. The van der Waals surface area contributed by atoms with Crippen molar-refractivity contribution in [1.29, 1.82) is 0 Å². The Morgan fingerprint density at radius 2 is 0.890 bits per heavy atom. The van der Waals surface area contributed by atoms with Gasteiger partial charge in [0.2, 0.25) is 59.1 Å². The molecule has 2 aromatic carbocycles. The summed E-state index contributed by atoms with van der Waals surface area (Å²) in [5, 5.41) is 17.9. The average Bonchev–Trinajstić information content (AvgIpc) is 0.805. The lowest BCUT2D eigenvalue weighted by molar-refractivity contribution is -0.147. The first-order valence-corrected chi connectivity index (χ1v) is 35.4. The molecule has 4 aromatic rings. The van der Waals surface area contributed by atoms with Crippen molar-refractivity contribution >= 4 is 92.7 Å². The molecule has 0 aliphatic carbocycles. The number of likely N-dealkylation sites (N-methyl/N-ethyl adjacent to an activating group) is 2. The van der Waals surface area contributed by atoms with Gasteiger partial charge in [0.1, 0.15) is 36.3 Å². The first kappa shape index (κ1) is 77.8. The summed E-state index contributed by atoms with van der Waals surface area (Å²) in [6.07, 6.45) is 5.93. The second kappa shape index (κ2) is 37.6. The van der Waals surface area contributed by atoms with Crippen molar-refractivity contribution in [2.75, 3.05) is 92.8 Å². The maximum atomic E-state index is 15.2. The monoisotopic (exact) mass is 1390 g/mol. The van der Waals surface area contributed by atoms with Gasteiger partial charge in [-0.1, -0.05) is 105 Å². The van der Waals surface area contributed by atoms with Gasteiger partial charge in [-0.15, -0.1) is 0 Å². The minimum absolute atomic E-state index is 0.0452. The van der Waals surface area contributed by atoms with Crippen molar-refractivity contribution < 1.29 is 67.0 Å². The van der Waals surface area contributed by atoms with Crippen LogP contribution in [0.5, 0.6) is 11.5 Å². The third kappa shape index (κ3) is 20.3. The topological polar surface area (TPSA) is 341 Å². The number of unbranched alkanes of at least 4 members (excludes halogenated alkanes) is 2. The van der Waals surface area contributed by atoms with Crippen LogP contribution in [-0.2, 0) is 47.9 Å². The van der Waals surface area contributed by atoms with Gasteiger partial charge in [-0.2, -0.15) is 0 Å². The van der Waals surface area contributed by atoms with Gasteiger partial charge in [-0.25, -0.2) is 9.97 Å². The van der Waals surface area contributed by atoms with Crippen molar-refractivity contribution in [3.05, 3.63) is 72.1 Å². The molecule has 3 saturated heterocycles. The molecule has 100 heavy (non-hydrogen) atoms. The fourth-order valence-corrected chi connectivity index (χ4v) is 12.8. The molecule has 0 saturated carbocycles. The number of pyridine rings is 2.